The van der Waals surface area contributed by atoms with Crippen molar-refractivity contribution in [2.24, 2.45) is 4.99 Å². The molecule has 0 saturated heterocycles. The number of hydrogen-bond acceptors (Lipinski definition) is 3. The number of amides is 1. The van der Waals surface area contributed by atoms with Gasteiger partial charge in [0.2, 0.25) is 0 Å². The van der Waals surface area contributed by atoms with Crippen LogP contribution in [-0.2, 0) is 0 Å². The van der Waals surface area contributed by atoms with Crippen LogP contribution in [0, 0.1) is 6.92 Å². The number of aryl methyl sites for hydroxylation is 1. The van der Waals surface area contributed by atoms with E-state index >= 15 is 0 Å². The molecule has 0 aliphatic heterocycles. The zero-order valence-corrected chi connectivity index (χ0v) is 15.4. The monoisotopic (exact) mass is 372 g/mol. The molecule has 0 spiro atoms. The van der Waals surface area contributed by atoms with Crippen molar-refractivity contribution in [2.45, 2.75) is 6.92 Å². The van der Waals surface area contributed by atoms with Gasteiger partial charge in [-0.1, -0.05) is 48.0 Å². The summed E-state index contributed by atoms with van der Waals surface area (Å²) in [6, 6.07) is 23.8. The lowest BCUT2D eigenvalue weighted by molar-refractivity contribution is 0.0972. The van der Waals surface area contributed by atoms with Crippen molar-refractivity contribution >= 4 is 34.2 Å². The first kappa shape index (κ1) is 17.1. The van der Waals surface area contributed by atoms with E-state index in [-0.39, 0.29) is 11.8 Å². The van der Waals surface area contributed by atoms with Crippen LogP contribution in [0.5, 0.6) is 0 Å². The Morgan fingerprint density at radius 2 is 1.48 bits per heavy atom. The van der Waals surface area contributed by atoms with Gasteiger partial charge < -0.3 is 0 Å². The highest BCUT2D eigenvalue weighted by Gasteiger charge is 2.15. The second kappa shape index (κ2) is 7.13. The summed E-state index contributed by atoms with van der Waals surface area (Å²) in [7, 11) is 0. The molecule has 0 unspecified atom stereocenters. The third kappa shape index (κ3) is 3.37. The number of fused-ring (bicyclic) bond motifs is 1. The molecule has 5 heteroatoms. The highest BCUT2D eigenvalue weighted by molar-refractivity contribution is 7.06. The molecule has 0 aliphatic rings. The van der Waals surface area contributed by atoms with E-state index in [1.165, 1.54) is 11.5 Å². The van der Waals surface area contributed by atoms with Gasteiger partial charge in [-0.15, -0.1) is 0 Å². The van der Waals surface area contributed by atoms with E-state index in [0.29, 0.717) is 15.8 Å². The predicted octanol–water partition coefficient (Wildman–Crippen LogP) is 4.44. The summed E-state index contributed by atoms with van der Waals surface area (Å²) >= 11 is 1.19. The average Bonchev–Trinajstić information content (AvgIpc) is 3.06. The lowest BCUT2D eigenvalue weighted by Crippen LogP contribution is -2.09. The minimum atomic E-state index is -0.320. The van der Waals surface area contributed by atoms with Gasteiger partial charge in [-0.2, -0.15) is 4.99 Å². The topological polar surface area (TPSA) is 51.4 Å². The molecule has 0 bridgehead atoms. The minimum absolute atomic E-state index is 0.136. The Kier molecular flexibility index (Phi) is 4.52. The Morgan fingerprint density at radius 1 is 0.852 bits per heavy atom. The molecule has 132 valence electrons. The molecule has 1 aromatic heterocycles. The summed E-state index contributed by atoms with van der Waals surface area (Å²) in [5.74, 6) is -0.456. The first-order valence-corrected chi connectivity index (χ1v) is 9.27. The zero-order valence-electron chi connectivity index (χ0n) is 14.6. The van der Waals surface area contributed by atoms with E-state index in [1.807, 2.05) is 49.4 Å². The van der Waals surface area contributed by atoms with Crippen LogP contribution in [0.25, 0.3) is 10.9 Å². The molecule has 1 heterocycles. The summed E-state index contributed by atoms with van der Waals surface area (Å²) < 4.78 is 2.13. The average molecular weight is 372 g/mol. The van der Waals surface area contributed by atoms with Crippen LogP contribution in [0.4, 0.5) is 0 Å². The Balaban J connectivity index is 1.89. The fourth-order valence-corrected chi connectivity index (χ4v) is 3.85. The Morgan fingerprint density at radius 3 is 2.15 bits per heavy atom. The molecule has 0 N–H and O–H groups in total. The van der Waals surface area contributed by atoms with Gasteiger partial charge in [-0.25, -0.2) is 3.96 Å². The van der Waals surface area contributed by atoms with Crippen LogP contribution in [0.1, 0.15) is 26.3 Å². The van der Waals surface area contributed by atoms with Gasteiger partial charge >= 0.3 is 0 Å². The Labute approximate surface area is 160 Å². The maximum Gasteiger partial charge on any atom is 0.278 e. The smallest absolute Gasteiger partial charge is 0.267 e. The van der Waals surface area contributed by atoms with Crippen molar-refractivity contribution in [3.05, 3.63) is 100 Å². The van der Waals surface area contributed by atoms with Crippen LogP contribution >= 0.6 is 11.5 Å². The van der Waals surface area contributed by atoms with Gasteiger partial charge in [0.05, 0.1) is 5.52 Å². The first-order chi connectivity index (χ1) is 13.1. The van der Waals surface area contributed by atoms with Crippen LogP contribution in [0.3, 0.4) is 0 Å². The standard InChI is InChI=1S/C22H16N2O2S/c1-15-12-13-19-18(14-15)21(23-20(25)16-8-4-2-5-9-16)27-24(19)22(26)17-10-6-3-7-11-17/h2-14H,1H3. The van der Waals surface area contributed by atoms with Crippen molar-refractivity contribution in [1.82, 2.24) is 3.96 Å². The van der Waals surface area contributed by atoms with E-state index in [2.05, 4.69) is 4.99 Å². The highest BCUT2D eigenvalue weighted by Crippen LogP contribution is 2.18. The summed E-state index contributed by atoms with van der Waals surface area (Å²) in [5.41, 5.74) is 2.90. The first-order valence-electron chi connectivity index (χ1n) is 8.50. The summed E-state index contributed by atoms with van der Waals surface area (Å²) in [4.78, 5) is 29.8. The summed E-state index contributed by atoms with van der Waals surface area (Å²) in [5, 5.41) is 0.800. The van der Waals surface area contributed by atoms with Crippen molar-refractivity contribution in [3.63, 3.8) is 0 Å². The molecule has 0 radical (unpaired) electrons. The minimum Gasteiger partial charge on any atom is -0.267 e. The van der Waals surface area contributed by atoms with E-state index in [4.69, 9.17) is 0 Å². The summed E-state index contributed by atoms with van der Waals surface area (Å²) in [6.45, 7) is 1.98. The molecule has 4 aromatic rings. The van der Waals surface area contributed by atoms with E-state index in [1.54, 1.807) is 40.4 Å². The van der Waals surface area contributed by atoms with Gasteiger partial charge in [0.25, 0.3) is 11.8 Å². The van der Waals surface area contributed by atoms with E-state index in [9.17, 15) is 9.59 Å². The number of hydrogen-bond donors (Lipinski definition) is 0. The molecule has 0 saturated carbocycles. The second-order valence-electron chi connectivity index (χ2n) is 6.17. The van der Waals surface area contributed by atoms with Crippen molar-refractivity contribution < 1.29 is 9.59 Å². The van der Waals surface area contributed by atoms with Gasteiger partial charge in [0, 0.05) is 16.5 Å². The van der Waals surface area contributed by atoms with Gasteiger partial charge in [-0.3, -0.25) is 9.59 Å². The molecular formula is C22H16N2O2S. The molecule has 0 fully saturated rings. The van der Waals surface area contributed by atoms with Crippen LogP contribution in [-0.4, -0.2) is 15.8 Å². The van der Waals surface area contributed by atoms with Gasteiger partial charge in [-0.05, 0) is 54.9 Å². The van der Waals surface area contributed by atoms with Crippen LogP contribution in [0.15, 0.2) is 83.9 Å². The van der Waals surface area contributed by atoms with Gasteiger partial charge in [0.15, 0.2) is 0 Å². The number of carbonyl (C=O) groups excluding carboxylic acids is 2. The molecule has 0 atom stereocenters. The third-order valence-corrected chi connectivity index (χ3v) is 5.24. The van der Waals surface area contributed by atoms with E-state index in [0.717, 1.165) is 16.5 Å². The molecule has 0 aliphatic carbocycles. The quantitative estimate of drug-likeness (QED) is 0.522. The van der Waals surface area contributed by atoms with Crippen molar-refractivity contribution in [3.8, 4) is 0 Å². The normalized spacial score (nSPS) is 11.7. The van der Waals surface area contributed by atoms with Crippen LogP contribution < -0.4 is 4.67 Å². The molecule has 27 heavy (non-hydrogen) atoms. The molecule has 3 aromatic carbocycles. The lowest BCUT2D eigenvalue weighted by atomic mass is 10.1. The van der Waals surface area contributed by atoms with Gasteiger partial charge in [0.1, 0.15) is 4.67 Å². The second-order valence-corrected chi connectivity index (χ2v) is 7.10. The lowest BCUT2D eigenvalue weighted by Gasteiger charge is -2.02. The largest absolute Gasteiger partial charge is 0.278 e. The number of nitrogens with zero attached hydrogens (tertiary/aromatic N) is 2. The fourth-order valence-electron chi connectivity index (χ4n) is 2.85. The molecule has 1 amide bonds. The van der Waals surface area contributed by atoms with Crippen molar-refractivity contribution in [1.29, 1.82) is 0 Å². The Bertz CT molecular complexity index is 1210. The summed E-state index contributed by atoms with van der Waals surface area (Å²) in [6.07, 6.45) is 0. The molecule has 4 nitrogen and oxygen atoms in total. The molecular weight excluding hydrogens is 356 g/mol. The number of rotatable bonds is 2. The predicted molar refractivity (Wildman–Crippen MR) is 107 cm³/mol. The zero-order chi connectivity index (χ0) is 18.8. The third-order valence-electron chi connectivity index (χ3n) is 4.21. The SMILES string of the molecule is Cc1ccc2c(c1)c(=NC(=O)c1ccccc1)sn2C(=O)c1ccccc1. The van der Waals surface area contributed by atoms with Crippen molar-refractivity contribution in [2.75, 3.05) is 0 Å². The van der Waals surface area contributed by atoms with Crippen LogP contribution in [0.2, 0.25) is 0 Å². The fraction of sp³-hybridized carbons (Fsp3) is 0.0455. The number of aromatic nitrogens is 1. The highest BCUT2D eigenvalue weighted by atomic mass is 32.1. The van der Waals surface area contributed by atoms with E-state index < -0.39 is 0 Å². The number of carbonyl (C=O) groups is 2. The molecule has 4 rings (SSSR count). The maximum atomic E-state index is 13.0. The maximum absolute atomic E-state index is 13.0. The Hall–Kier alpha value is -3.31. The number of benzene rings is 3.